The molecule has 0 unspecified atom stereocenters. The zero-order valence-electron chi connectivity index (χ0n) is 16.8. The monoisotopic (exact) mass is 372 g/mol. The minimum Gasteiger partial charge on any atom is -0.487 e. The Hall–Kier alpha value is -2.65. The van der Waals surface area contributed by atoms with E-state index in [1.165, 1.54) is 33.4 Å². The molecule has 28 heavy (non-hydrogen) atoms. The molecule has 4 rings (SSSR count). The molecule has 3 nitrogen and oxygen atoms in total. The Morgan fingerprint density at radius 3 is 2.64 bits per heavy atom. The van der Waals surface area contributed by atoms with E-state index in [1.54, 1.807) is 0 Å². The topological polar surface area (TPSA) is 34.1 Å². The molecule has 2 aromatic carbocycles. The number of rotatable bonds is 5. The zero-order valence-corrected chi connectivity index (χ0v) is 16.8. The summed E-state index contributed by atoms with van der Waals surface area (Å²) in [5.41, 5.74) is 8.82. The van der Waals surface area contributed by atoms with Gasteiger partial charge >= 0.3 is 0 Å². The molecule has 1 aromatic heterocycles. The lowest BCUT2D eigenvalue weighted by molar-refractivity contribution is 0.302. The van der Waals surface area contributed by atoms with E-state index in [4.69, 9.17) is 4.74 Å². The molecular formula is C25H28N2O. The van der Waals surface area contributed by atoms with Crippen molar-refractivity contribution in [2.75, 3.05) is 13.1 Å². The molecular weight excluding hydrogens is 344 g/mol. The maximum Gasteiger partial charge on any atom is 0.130 e. The molecule has 0 radical (unpaired) electrons. The van der Waals surface area contributed by atoms with E-state index >= 15 is 0 Å². The van der Waals surface area contributed by atoms with Crippen LogP contribution in [0.4, 0.5) is 0 Å². The van der Waals surface area contributed by atoms with Gasteiger partial charge in [-0.2, -0.15) is 0 Å². The largest absolute Gasteiger partial charge is 0.487 e. The molecule has 0 saturated heterocycles. The predicted octanol–water partition coefficient (Wildman–Crippen LogP) is 4.89. The Bertz CT molecular complexity index is 965. The third-order valence-electron chi connectivity index (χ3n) is 5.46. The minimum absolute atomic E-state index is 0.481. The standard InChI is InChI=1S/C25H28N2O/c1-3-19-4-7-25(28-17-23-14-18(2)8-13-27-23)24(15-19)22-6-5-20-9-11-26-12-10-21(20)16-22/h4-8,13-16,26H,3,9-12,17H2,1-2H3. The molecule has 1 aliphatic rings. The maximum atomic E-state index is 6.23. The van der Waals surface area contributed by atoms with Crippen LogP contribution in [-0.4, -0.2) is 18.1 Å². The maximum absolute atomic E-state index is 6.23. The van der Waals surface area contributed by atoms with Gasteiger partial charge in [0.1, 0.15) is 12.4 Å². The lowest BCUT2D eigenvalue weighted by Gasteiger charge is -2.15. The summed E-state index contributed by atoms with van der Waals surface area (Å²) in [6.07, 6.45) is 5.05. The molecule has 0 atom stereocenters. The number of aryl methyl sites for hydroxylation is 2. The smallest absolute Gasteiger partial charge is 0.130 e. The van der Waals surface area contributed by atoms with Crippen LogP contribution in [0.5, 0.6) is 5.75 Å². The van der Waals surface area contributed by atoms with E-state index in [9.17, 15) is 0 Å². The third-order valence-corrected chi connectivity index (χ3v) is 5.46. The summed E-state index contributed by atoms with van der Waals surface area (Å²) >= 11 is 0. The summed E-state index contributed by atoms with van der Waals surface area (Å²) in [4.78, 5) is 4.43. The van der Waals surface area contributed by atoms with Crippen LogP contribution in [0.1, 0.15) is 34.9 Å². The highest BCUT2D eigenvalue weighted by molar-refractivity contribution is 5.72. The van der Waals surface area contributed by atoms with Gasteiger partial charge < -0.3 is 10.1 Å². The zero-order chi connectivity index (χ0) is 19.3. The van der Waals surface area contributed by atoms with Gasteiger partial charge in [0, 0.05) is 11.8 Å². The Labute approximate surface area is 167 Å². The van der Waals surface area contributed by atoms with Gasteiger partial charge in [0.15, 0.2) is 0 Å². The van der Waals surface area contributed by atoms with E-state index in [1.807, 2.05) is 12.3 Å². The van der Waals surface area contributed by atoms with E-state index in [2.05, 4.69) is 66.6 Å². The number of nitrogens with one attached hydrogen (secondary N) is 1. The number of benzene rings is 2. The summed E-state index contributed by atoms with van der Waals surface area (Å²) in [7, 11) is 0. The summed E-state index contributed by atoms with van der Waals surface area (Å²) in [5, 5.41) is 3.49. The number of hydrogen-bond acceptors (Lipinski definition) is 3. The fourth-order valence-corrected chi connectivity index (χ4v) is 3.82. The molecule has 0 bridgehead atoms. The first-order valence-electron chi connectivity index (χ1n) is 10.2. The molecule has 1 aliphatic heterocycles. The van der Waals surface area contributed by atoms with Crippen LogP contribution >= 0.6 is 0 Å². The summed E-state index contributed by atoms with van der Waals surface area (Å²) in [6.45, 7) is 6.87. The molecule has 0 spiro atoms. The molecule has 1 N–H and O–H groups in total. The fourth-order valence-electron chi connectivity index (χ4n) is 3.82. The van der Waals surface area contributed by atoms with Crippen molar-refractivity contribution < 1.29 is 4.74 Å². The van der Waals surface area contributed by atoms with Crippen molar-refractivity contribution in [2.24, 2.45) is 0 Å². The first-order valence-corrected chi connectivity index (χ1v) is 10.2. The van der Waals surface area contributed by atoms with Crippen molar-refractivity contribution in [3.63, 3.8) is 0 Å². The first kappa shape index (κ1) is 18.7. The van der Waals surface area contributed by atoms with E-state index in [-0.39, 0.29) is 0 Å². The molecule has 0 saturated carbocycles. The normalized spacial score (nSPS) is 13.6. The predicted molar refractivity (Wildman–Crippen MR) is 115 cm³/mol. The highest BCUT2D eigenvalue weighted by Gasteiger charge is 2.13. The molecule has 0 aliphatic carbocycles. The second-order valence-electron chi connectivity index (χ2n) is 7.53. The Kier molecular flexibility index (Phi) is 5.73. The summed E-state index contributed by atoms with van der Waals surface area (Å²) in [6, 6.07) is 17.5. The lowest BCUT2D eigenvalue weighted by Crippen LogP contribution is -2.16. The van der Waals surface area contributed by atoms with Crippen LogP contribution < -0.4 is 10.1 Å². The van der Waals surface area contributed by atoms with Gasteiger partial charge in [0.05, 0.1) is 5.69 Å². The summed E-state index contributed by atoms with van der Waals surface area (Å²) < 4.78 is 6.23. The van der Waals surface area contributed by atoms with Gasteiger partial charge in [-0.05, 0) is 91.4 Å². The molecule has 0 fully saturated rings. The van der Waals surface area contributed by atoms with Crippen molar-refractivity contribution in [1.82, 2.24) is 10.3 Å². The number of ether oxygens (including phenoxy) is 1. The average molecular weight is 373 g/mol. The van der Waals surface area contributed by atoms with Gasteiger partial charge in [0.2, 0.25) is 0 Å². The van der Waals surface area contributed by atoms with Crippen LogP contribution in [0.2, 0.25) is 0 Å². The lowest BCUT2D eigenvalue weighted by atomic mass is 9.95. The van der Waals surface area contributed by atoms with Crippen molar-refractivity contribution in [2.45, 2.75) is 39.7 Å². The van der Waals surface area contributed by atoms with Crippen LogP contribution in [0.25, 0.3) is 11.1 Å². The quantitative estimate of drug-likeness (QED) is 0.693. The molecule has 2 heterocycles. The van der Waals surface area contributed by atoms with Crippen molar-refractivity contribution in [1.29, 1.82) is 0 Å². The number of nitrogens with zero attached hydrogens (tertiary/aromatic N) is 1. The van der Waals surface area contributed by atoms with Crippen molar-refractivity contribution in [3.05, 3.63) is 82.7 Å². The Balaban J connectivity index is 1.66. The van der Waals surface area contributed by atoms with Gasteiger partial charge in [0.25, 0.3) is 0 Å². The van der Waals surface area contributed by atoms with Crippen LogP contribution in [0.3, 0.4) is 0 Å². The Morgan fingerprint density at radius 1 is 0.964 bits per heavy atom. The van der Waals surface area contributed by atoms with E-state index in [0.717, 1.165) is 43.8 Å². The summed E-state index contributed by atoms with van der Waals surface area (Å²) in [5.74, 6) is 0.923. The van der Waals surface area contributed by atoms with Crippen LogP contribution in [0.15, 0.2) is 54.7 Å². The number of fused-ring (bicyclic) bond motifs is 1. The molecule has 0 amide bonds. The number of hydrogen-bond donors (Lipinski definition) is 1. The third kappa shape index (κ3) is 4.26. The average Bonchev–Trinajstić information content (AvgIpc) is 2.97. The van der Waals surface area contributed by atoms with Gasteiger partial charge in [-0.25, -0.2) is 0 Å². The van der Waals surface area contributed by atoms with Crippen LogP contribution in [-0.2, 0) is 25.9 Å². The van der Waals surface area contributed by atoms with Crippen LogP contribution in [0, 0.1) is 6.92 Å². The Morgan fingerprint density at radius 2 is 1.82 bits per heavy atom. The highest BCUT2D eigenvalue weighted by atomic mass is 16.5. The molecule has 144 valence electrons. The second kappa shape index (κ2) is 8.57. The minimum atomic E-state index is 0.481. The fraction of sp³-hybridized carbons (Fsp3) is 0.320. The number of pyridine rings is 1. The van der Waals surface area contributed by atoms with Crippen molar-refractivity contribution >= 4 is 0 Å². The first-order chi connectivity index (χ1) is 13.7. The van der Waals surface area contributed by atoms with Gasteiger partial charge in [-0.3, -0.25) is 4.98 Å². The van der Waals surface area contributed by atoms with E-state index in [0.29, 0.717) is 6.61 Å². The second-order valence-corrected chi connectivity index (χ2v) is 7.53. The molecule has 3 heteroatoms. The highest BCUT2D eigenvalue weighted by Crippen LogP contribution is 2.33. The SMILES string of the molecule is CCc1ccc(OCc2cc(C)ccn2)c(-c2ccc3c(c2)CCNCC3)c1. The van der Waals surface area contributed by atoms with Gasteiger partial charge in [-0.1, -0.05) is 31.2 Å². The van der Waals surface area contributed by atoms with E-state index < -0.39 is 0 Å². The van der Waals surface area contributed by atoms with Crippen molar-refractivity contribution in [3.8, 4) is 16.9 Å². The van der Waals surface area contributed by atoms with Gasteiger partial charge in [-0.15, -0.1) is 0 Å². The molecule has 3 aromatic rings. The number of aromatic nitrogens is 1.